The highest BCUT2D eigenvalue weighted by atomic mass is 35.5. The summed E-state index contributed by atoms with van der Waals surface area (Å²) in [6, 6.07) is 2.45. The van der Waals surface area contributed by atoms with Crippen molar-refractivity contribution in [3.05, 3.63) is 28.3 Å². The van der Waals surface area contributed by atoms with E-state index in [1.54, 1.807) is 0 Å². The molecule has 0 heterocycles. The Morgan fingerprint density at radius 3 is 2.33 bits per heavy atom. The molecule has 1 aromatic carbocycles. The maximum absolute atomic E-state index is 11.9. The van der Waals surface area contributed by atoms with Crippen LogP contribution in [0.1, 0.15) is 15.9 Å². The Bertz CT molecular complexity index is 772. The van der Waals surface area contributed by atoms with Gasteiger partial charge in [0.25, 0.3) is 5.91 Å². The first-order chi connectivity index (χ1) is 9.42. The van der Waals surface area contributed by atoms with E-state index >= 15 is 0 Å². The van der Waals surface area contributed by atoms with Crippen LogP contribution in [0.3, 0.4) is 0 Å². The number of hydrogen-bond acceptors (Lipinski definition) is 5. The second-order valence-corrected chi connectivity index (χ2v) is 8.70. The molecule has 0 spiro atoms. The molecule has 10 heteroatoms. The summed E-state index contributed by atoms with van der Waals surface area (Å²) in [5.74, 6) is -0.823. The molecule has 0 aliphatic heterocycles. The molecule has 118 valence electrons. The average Bonchev–Trinajstić information content (AvgIpc) is 2.29. The molecule has 1 aromatic rings. The molecule has 0 unspecified atom stereocenters. The number of rotatable bonds is 5. The molecule has 0 fully saturated rings. The lowest BCUT2D eigenvalue weighted by Crippen LogP contribution is -2.29. The highest BCUT2D eigenvalue weighted by Gasteiger charge is 2.18. The van der Waals surface area contributed by atoms with Gasteiger partial charge in [0.2, 0.25) is 10.0 Å². The van der Waals surface area contributed by atoms with E-state index in [0.29, 0.717) is 5.56 Å². The van der Waals surface area contributed by atoms with Gasteiger partial charge < -0.3 is 5.32 Å². The Hall–Kier alpha value is -1.16. The Balaban J connectivity index is 3.04. The highest BCUT2D eigenvalue weighted by molar-refractivity contribution is 7.90. The third-order valence-electron chi connectivity index (χ3n) is 2.55. The second kappa shape index (κ2) is 6.30. The van der Waals surface area contributed by atoms with Crippen LogP contribution < -0.4 is 10.5 Å². The van der Waals surface area contributed by atoms with Gasteiger partial charge in [-0.25, -0.2) is 22.0 Å². The molecule has 3 N–H and O–H groups in total. The normalized spacial score (nSPS) is 12.2. The summed E-state index contributed by atoms with van der Waals surface area (Å²) in [5, 5.41) is 7.36. The lowest BCUT2D eigenvalue weighted by atomic mass is 10.1. The van der Waals surface area contributed by atoms with Crippen LogP contribution in [0.5, 0.6) is 0 Å². The Kier molecular flexibility index (Phi) is 5.37. The van der Waals surface area contributed by atoms with E-state index in [2.05, 4.69) is 5.32 Å². The van der Waals surface area contributed by atoms with Gasteiger partial charge in [-0.2, -0.15) is 0 Å². The largest absolute Gasteiger partial charge is 0.351 e. The zero-order valence-electron chi connectivity index (χ0n) is 11.4. The maximum atomic E-state index is 11.9. The molecule has 0 saturated heterocycles. The van der Waals surface area contributed by atoms with Crippen molar-refractivity contribution in [2.45, 2.75) is 11.8 Å². The lowest BCUT2D eigenvalue weighted by molar-refractivity contribution is 0.0956. The third kappa shape index (κ3) is 5.27. The molecule has 0 aromatic heterocycles. The fraction of sp³-hybridized carbons (Fsp3) is 0.364. The van der Waals surface area contributed by atoms with Crippen LogP contribution in [-0.4, -0.2) is 41.3 Å². The number of nitrogens with one attached hydrogen (secondary N) is 1. The van der Waals surface area contributed by atoms with Gasteiger partial charge in [-0.3, -0.25) is 4.79 Å². The predicted octanol–water partition coefficient (Wildman–Crippen LogP) is 0.0702. The fourth-order valence-electron chi connectivity index (χ4n) is 1.53. The number of carbonyl (C=O) groups is 1. The number of sulfone groups is 1. The van der Waals surface area contributed by atoms with Crippen molar-refractivity contribution in [3.63, 3.8) is 0 Å². The summed E-state index contributed by atoms with van der Waals surface area (Å²) in [6.45, 7) is 1.45. The molecular formula is C11H15ClN2O5S2. The minimum atomic E-state index is -4.06. The Labute approximate surface area is 128 Å². The van der Waals surface area contributed by atoms with E-state index in [-0.39, 0.29) is 27.8 Å². The van der Waals surface area contributed by atoms with Crippen molar-refractivity contribution in [2.24, 2.45) is 5.14 Å². The van der Waals surface area contributed by atoms with Crippen LogP contribution >= 0.6 is 11.6 Å². The number of aryl methyl sites for hydroxylation is 1. The van der Waals surface area contributed by atoms with Crippen LogP contribution in [0.15, 0.2) is 17.0 Å². The van der Waals surface area contributed by atoms with Crippen LogP contribution in [0.2, 0.25) is 5.02 Å². The van der Waals surface area contributed by atoms with Crippen molar-refractivity contribution < 1.29 is 21.6 Å². The van der Waals surface area contributed by atoms with Gasteiger partial charge in [-0.15, -0.1) is 0 Å². The number of primary sulfonamides is 1. The lowest BCUT2D eigenvalue weighted by Gasteiger charge is -2.09. The molecule has 0 saturated carbocycles. The number of halogens is 1. The third-order valence-corrected chi connectivity index (χ3v) is 5.04. The molecule has 0 aliphatic carbocycles. The van der Waals surface area contributed by atoms with Crippen LogP contribution in [-0.2, 0) is 19.9 Å². The first-order valence-electron chi connectivity index (χ1n) is 5.70. The van der Waals surface area contributed by atoms with E-state index in [9.17, 15) is 21.6 Å². The van der Waals surface area contributed by atoms with E-state index in [4.69, 9.17) is 16.7 Å². The summed E-state index contributed by atoms with van der Waals surface area (Å²) >= 11 is 5.85. The summed E-state index contributed by atoms with van der Waals surface area (Å²) < 4.78 is 44.8. The number of sulfonamides is 1. The van der Waals surface area contributed by atoms with Crippen molar-refractivity contribution >= 4 is 37.4 Å². The zero-order valence-corrected chi connectivity index (χ0v) is 13.8. The molecule has 0 aliphatic rings. The van der Waals surface area contributed by atoms with E-state index in [1.165, 1.54) is 13.0 Å². The average molecular weight is 355 g/mol. The first-order valence-corrected chi connectivity index (χ1v) is 9.69. The molecular weight excluding hydrogens is 340 g/mol. The molecule has 21 heavy (non-hydrogen) atoms. The fourth-order valence-corrected chi connectivity index (χ4v) is 3.13. The van der Waals surface area contributed by atoms with Gasteiger partial charge in [0.05, 0.1) is 10.8 Å². The molecule has 0 atom stereocenters. The summed E-state index contributed by atoms with van der Waals surface area (Å²) in [7, 11) is -7.26. The molecule has 0 radical (unpaired) electrons. The monoisotopic (exact) mass is 354 g/mol. The van der Waals surface area contributed by atoms with Gasteiger partial charge >= 0.3 is 0 Å². The van der Waals surface area contributed by atoms with Crippen molar-refractivity contribution in [3.8, 4) is 0 Å². The number of carbonyl (C=O) groups excluding carboxylic acids is 1. The first kappa shape index (κ1) is 17.9. The van der Waals surface area contributed by atoms with Crippen LogP contribution in [0, 0.1) is 6.92 Å². The standard InChI is InChI=1S/C11H15ClN2O5S2/c1-7-5-8(6-9(10(7)12)21(13,18)19)11(15)14-3-4-20(2,16)17/h5-6H,3-4H2,1-2H3,(H,14,15)(H2,13,18,19). The van der Waals surface area contributed by atoms with Crippen LogP contribution in [0.25, 0.3) is 0 Å². The van der Waals surface area contributed by atoms with Gasteiger partial charge in [0, 0.05) is 18.4 Å². The van der Waals surface area contributed by atoms with E-state index in [0.717, 1.165) is 12.3 Å². The van der Waals surface area contributed by atoms with Gasteiger partial charge in [0.1, 0.15) is 14.7 Å². The number of amides is 1. The Morgan fingerprint density at radius 1 is 1.29 bits per heavy atom. The smallest absolute Gasteiger partial charge is 0.251 e. The molecule has 1 amide bonds. The van der Waals surface area contributed by atoms with Crippen molar-refractivity contribution in [2.75, 3.05) is 18.6 Å². The second-order valence-electron chi connectivity index (χ2n) is 4.54. The van der Waals surface area contributed by atoms with Crippen molar-refractivity contribution in [1.29, 1.82) is 0 Å². The summed E-state index contributed by atoms with van der Waals surface area (Å²) in [6.07, 6.45) is 1.05. The van der Waals surface area contributed by atoms with Gasteiger partial charge in [-0.05, 0) is 24.6 Å². The topological polar surface area (TPSA) is 123 Å². The SMILES string of the molecule is Cc1cc(C(=O)NCCS(C)(=O)=O)cc(S(N)(=O)=O)c1Cl. The number of nitrogens with two attached hydrogens (primary N) is 1. The summed E-state index contributed by atoms with van der Waals surface area (Å²) in [4.78, 5) is 11.5. The summed E-state index contributed by atoms with van der Waals surface area (Å²) in [5.41, 5.74) is 0.408. The highest BCUT2D eigenvalue weighted by Crippen LogP contribution is 2.25. The molecule has 7 nitrogen and oxygen atoms in total. The molecule has 0 bridgehead atoms. The van der Waals surface area contributed by atoms with Gasteiger partial charge in [-0.1, -0.05) is 11.6 Å². The molecule has 1 rings (SSSR count). The minimum Gasteiger partial charge on any atom is -0.351 e. The van der Waals surface area contributed by atoms with Gasteiger partial charge in [0.15, 0.2) is 0 Å². The quantitative estimate of drug-likeness (QED) is 0.774. The van der Waals surface area contributed by atoms with Crippen LogP contribution in [0.4, 0.5) is 0 Å². The van der Waals surface area contributed by atoms with E-state index < -0.39 is 25.8 Å². The van der Waals surface area contributed by atoms with Crippen molar-refractivity contribution in [1.82, 2.24) is 5.32 Å². The minimum absolute atomic E-state index is 0.0365. The van der Waals surface area contributed by atoms with E-state index in [1.807, 2.05) is 0 Å². The predicted molar refractivity (Wildman–Crippen MR) is 79.6 cm³/mol. The zero-order chi connectivity index (χ0) is 16.4. The maximum Gasteiger partial charge on any atom is 0.251 e. The number of hydrogen-bond donors (Lipinski definition) is 2. The number of benzene rings is 1. The Morgan fingerprint density at radius 2 is 1.86 bits per heavy atom.